The van der Waals surface area contributed by atoms with Crippen LogP contribution in [-0.2, 0) is 0 Å². The van der Waals surface area contributed by atoms with E-state index < -0.39 is 0 Å². The Labute approximate surface area is 215 Å². The number of rotatable bonds is 25. The maximum atomic E-state index is 3.58. The fourth-order valence-corrected chi connectivity index (χ4v) is 5.46. The molecule has 0 aliphatic rings. The van der Waals surface area contributed by atoms with Crippen LogP contribution in [0.5, 0.6) is 0 Å². The van der Waals surface area contributed by atoms with E-state index >= 15 is 0 Å². The summed E-state index contributed by atoms with van der Waals surface area (Å²) in [4.78, 5) is 3.58. The molecular formula is C32H63N2+. The van der Waals surface area contributed by atoms with Gasteiger partial charge < -0.3 is 0 Å². The molecule has 1 heterocycles. The maximum Gasteiger partial charge on any atom is 0.257 e. The average molecular weight is 476 g/mol. The number of imidazole rings is 1. The second kappa shape index (κ2) is 22.7. The van der Waals surface area contributed by atoms with E-state index in [-0.39, 0.29) is 0 Å². The summed E-state index contributed by atoms with van der Waals surface area (Å²) < 4.78 is 2.54. The summed E-state index contributed by atoms with van der Waals surface area (Å²) >= 11 is 0. The molecule has 1 aromatic heterocycles. The van der Waals surface area contributed by atoms with Crippen molar-refractivity contribution in [3.05, 3.63) is 18.2 Å². The molecule has 0 saturated carbocycles. The zero-order valence-electron chi connectivity index (χ0n) is 24.0. The molecular weight excluding hydrogens is 412 g/mol. The SMILES string of the molecule is CCCCCCCCCCCCCC(C)c1[nH]cc[n+]1C(C)CCCCCCCCCCCC. The van der Waals surface area contributed by atoms with Crippen LogP contribution in [0.25, 0.3) is 0 Å². The molecule has 2 unspecified atom stereocenters. The lowest BCUT2D eigenvalue weighted by molar-refractivity contribution is -0.727. The van der Waals surface area contributed by atoms with Gasteiger partial charge in [-0.05, 0) is 26.2 Å². The second-order valence-corrected chi connectivity index (χ2v) is 11.3. The third kappa shape index (κ3) is 16.0. The Morgan fingerprint density at radius 3 is 1.38 bits per heavy atom. The van der Waals surface area contributed by atoms with Crippen molar-refractivity contribution in [2.75, 3.05) is 0 Å². The average Bonchev–Trinajstić information content (AvgIpc) is 3.34. The van der Waals surface area contributed by atoms with E-state index in [0.29, 0.717) is 12.0 Å². The number of H-pyrrole nitrogens is 1. The summed E-state index contributed by atoms with van der Waals surface area (Å²) in [6, 6.07) is 0.620. The molecule has 2 heteroatoms. The van der Waals surface area contributed by atoms with E-state index in [4.69, 9.17) is 0 Å². The van der Waals surface area contributed by atoms with Gasteiger partial charge in [-0.25, -0.2) is 9.55 Å². The predicted octanol–water partition coefficient (Wildman–Crippen LogP) is 11.0. The van der Waals surface area contributed by atoms with Crippen molar-refractivity contribution < 1.29 is 4.57 Å². The van der Waals surface area contributed by atoms with Gasteiger partial charge in [0.2, 0.25) is 0 Å². The van der Waals surface area contributed by atoms with Crippen molar-refractivity contribution >= 4 is 0 Å². The fourth-order valence-electron chi connectivity index (χ4n) is 5.46. The summed E-state index contributed by atoms with van der Waals surface area (Å²) in [6.07, 6.45) is 37.1. The molecule has 2 atom stereocenters. The van der Waals surface area contributed by atoms with Crippen LogP contribution in [0.4, 0.5) is 0 Å². The van der Waals surface area contributed by atoms with Crippen LogP contribution in [0.2, 0.25) is 0 Å². The monoisotopic (exact) mass is 475 g/mol. The molecule has 1 N–H and O–H groups in total. The normalized spacial score (nSPS) is 13.4. The first-order chi connectivity index (χ1) is 16.7. The van der Waals surface area contributed by atoms with E-state index in [1.807, 2.05) is 0 Å². The van der Waals surface area contributed by atoms with Gasteiger partial charge in [-0.3, -0.25) is 0 Å². The Morgan fingerprint density at radius 1 is 0.559 bits per heavy atom. The Bertz CT molecular complexity index is 535. The van der Waals surface area contributed by atoms with E-state index in [2.05, 4.69) is 49.6 Å². The molecule has 200 valence electrons. The summed E-state index contributed by atoms with van der Waals surface area (Å²) in [5.41, 5.74) is 0. The third-order valence-corrected chi connectivity index (χ3v) is 7.90. The van der Waals surface area contributed by atoms with Crippen molar-refractivity contribution in [3.8, 4) is 0 Å². The van der Waals surface area contributed by atoms with E-state index in [9.17, 15) is 0 Å². The van der Waals surface area contributed by atoms with E-state index in [1.165, 1.54) is 154 Å². The van der Waals surface area contributed by atoms with Crippen LogP contribution in [0.3, 0.4) is 0 Å². The van der Waals surface area contributed by atoms with Crippen molar-refractivity contribution in [1.29, 1.82) is 0 Å². The van der Waals surface area contributed by atoms with E-state index in [0.717, 1.165) is 0 Å². The summed E-state index contributed by atoms with van der Waals surface area (Å²) in [5.74, 6) is 2.09. The van der Waals surface area contributed by atoms with Gasteiger partial charge in [-0.2, -0.15) is 0 Å². The van der Waals surface area contributed by atoms with Crippen molar-refractivity contribution in [3.63, 3.8) is 0 Å². The van der Waals surface area contributed by atoms with Gasteiger partial charge in [0.25, 0.3) is 5.82 Å². The third-order valence-electron chi connectivity index (χ3n) is 7.90. The molecule has 0 aliphatic heterocycles. The molecule has 0 radical (unpaired) electrons. The molecule has 1 aromatic rings. The topological polar surface area (TPSA) is 19.7 Å². The van der Waals surface area contributed by atoms with Crippen molar-refractivity contribution in [2.45, 2.75) is 187 Å². The largest absolute Gasteiger partial charge is 0.257 e. The number of nitrogens with one attached hydrogen (secondary N) is 1. The standard InChI is InChI=1S/C32H62N2/c1-5-7-9-11-13-15-17-18-20-22-24-26-30(3)32-33-28-29-34(32)31(4)27-25-23-21-19-16-14-12-10-8-6-2/h28-31H,5-27H2,1-4H3/p+1. The van der Waals surface area contributed by atoms with Crippen LogP contribution in [-0.4, -0.2) is 4.98 Å². The molecule has 0 aromatic carbocycles. The minimum Gasteiger partial charge on any atom is -0.247 e. The zero-order valence-corrected chi connectivity index (χ0v) is 24.0. The van der Waals surface area contributed by atoms with Crippen LogP contribution in [0, 0.1) is 0 Å². The molecule has 0 amide bonds. The number of hydrogen-bond acceptors (Lipinski definition) is 0. The molecule has 0 bridgehead atoms. The Kier molecular flexibility index (Phi) is 20.8. The highest BCUT2D eigenvalue weighted by molar-refractivity contribution is 4.87. The van der Waals surface area contributed by atoms with Gasteiger partial charge in [-0.1, -0.05) is 149 Å². The molecule has 0 aliphatic carbocycles. The number of unbranched alkanes of at least 4 members (excludes halogenated alkanes) is 19. The van der Waals surface area contributed by atoms with Crippen molar-refractivity contribution in [2.24, 2.45) is 0 Å². The van der Waals surface area contributed by atoms with Gasteiger partial charge in [0, 0.05) is 0 Å². The van der Waals surface area contributed by atoms with E-state index in [1.54, 1.807) is 0 Å². The summed E-state index contributed by atoms with van der Waals surface area (Å²) in [5, 5.41) is 0. The summed E-state index contributed by atoms with van der Waals surface area (Å²) in [7, 11) is 0. The predicted molar refractivity (Wildman–Crippen MR) is 152 cm³/mol. The smallest absolute Gasteiger partial charge is 0.247 e. The van der Waals surface area contributed by atoms with Gasteiger partial charge in [0.1, 0.15) is 12.4 Å². The van der Waals surface area contributed by atoms with Crippen LogP contribution < -0.4 is 4.57 Å². The van der Waals surface area contributed by atoms with Gasteiger partial charge in [0.05, 0.1) is 12.0 Å². The molecule has 0 spiro atoms. The Balaban J connectivity index is 2.08. The number of aromatic nitrogens is 2. The lowest BCUT2D eigenvalue weighted by atomic mass is 10.00. The minimum atomic E-state index is 0.620. The first kappa shape index (κ1) is 31.2. The first-order valence-electron chi connectivity index (χ1n) is 15.8. The quantitative estimate of drug-likeness (QED) is 0.107. The van der Waals surface area contributed by atoms with Crippen LogP contribution >= 0.6 is 0 Å². The molecule has 1 rings (SSSR count). The zero-order chi connectivity index (χ0) is 24.7. The highest BCUT2D eigenvalue weighted by atomic mass is 15.1. The molecule has 2 nitrogen and oxygen atoms in total. The van der Waals surface area contributed by atoms with Gasteiger partial charge >= 0.3 is 0 Å². The van der Waals surface area contributed by atoms with Gasteiger partial charge in [-0.15, -0.1) is 0 Å². The minimum absolute atomic E-state index is 0.620. The summed E-state index contributed by atoms with van der Waals surface area (Å²) in [6.45, 7) is 9.44. The van der Waals surface area contributed by atoms with Crippen molar-refractivity contribution in [1.82, 2.24) is 4.98 Å². The first-order valence-corrected chi connectivity index (χ1v) is 15.8. The molecule has 34 heavy (non-hydrogen) atoms. The van der Waals surface area contributed by atoms with Gasteiger partial charge in [0.15, 0.2) is 0 Å². The lowest BCUT2D eigenvalue weighted by Gasteiger charge is -2.14. The highest BCUT2D eigenvalue weighted by Crippen LogP contribution is 2.21. The maximum absolute atomic E-state index is 3.58. The second-order valence-electron chi connectivity index (χ2n) is 11.3. The Morgan fingerprint density at radius 2 is 0.941 bits per heavy atom. The van der Waals surface area contributed by atoms with Crippen LogP contribution in [0.15, 0.2) is 12.4 Å². The Hall–Kier alpha value is -0.790. The molecule has 0 saturated heterocycles. The number of nitrogens with zero attached hydrogens (tertiary/aromatic N) is 1. The highest BCUT2D eigenvalue weighted by Gasteiger charge is 2.22. The number of hydrogen-bond donors (Lipinski definition) is 1. The number of aromatic amines is 1. The lowest BCUT2D eigenvalue weighted by Crippen LogP contribution is -2.40. The van der Waals surface area contributed by atoms with Crippen LogP contribution in [0.1, 0.15) is 193 Å². The molecule has 0 fully saturated rings. The fraction of sp³-hybridized carbons (Fsp3) is 0.906.